The summed E-state index contributed by atoms with van der Waals surface area (Å²) < 4.78 is 0. The molecule has 0 unspecified atom stereocenters. The minimum atomic E-state index is 0. The number of nitrogens with zero attached hydrogens (tertiary/aromatic N) is 6. The zero-order valence-corrected chi connectivity index (χ0v) is 6.06. The number of aliphatic imine (C=N–C) groups is 2. The van der Waals surface area contributed by atoms with E-state index in [1.807, 2.05) is 0 Å². The maximum atomic E-state index is 7.43. The molecule has 0 saturated carbocycles. The summed E-state index contributed by atoms with van der Waals surface area (Å²) in [6.45, 7) is 0. The molecule has 0 aromatic rings. The molecule has 0 aliphatic heterocycles. The SMILES string of the molecule is N#CN=C=[N-].N#CN=C=[N-].[Co+2]. The normalized spacial score (nSPS) is 3.45. The van der Waals surface area contributed by atoms with Crippen LogP contribution < -0.4 is 0 Å². The monoisotopic (exact) mass is 191 g/mol. The van der Waals surface area contributed by atoms with Crippen molar-refractivity contribution in [2.45, 2.75) is 0 Å². The van der Waals surface area contributed by atoms with Crippen LogP contribution in [0.1, 0.15) is 0 Å². The first-order valence-electron chi connectivity index (χ1n) is 1.79. The van der Waals surface area contributed by atoms with Crippen LogP contribution in [-0.2, 0) is 16.8 Å². The van der Waals surface area contributed by atoms with E-state index < -0.39 is 0 Å². The Morgan fingerprint density at radius 3 is 1.18 bits per heavy atom. The van der Waals surface area contributed by atoms with E-state index >= 15 is 0 Å². The minimum Gasteiger partial charge on any atom is -0.422 e. The van der Waals surface area contributed by atoms with E-state index in [-0.39, 0.29) is 16.8 Å². The van der Waals surface area contributed by atoms with Crippen molar-refractivity contribution >= 4 is 12.0 Å². The number of nitriles is 2. The fraction of sp³-hybridized carbons (Fsp3) is 0. The Labute approximate surface area is 73.1 Å². The van der Waals surface area contributed by atoms with Gasteiger partial charge >= 0.3 is 16.8 Å². The first-order valence-corrected chi connectivity index (χ1v) is 1.79. The third kappa shape index (κ3) is 63.8. The summed E-state index contributed by atoms with van der Waals surface area (Å²) in [7, 11) is 0. The molecule has 7 heteroatoms. The van der Waals surface area contributed by atoms with E-state index in [0.717, 1.165) is 0 Å². The van der Waals surface area contributed by atoms with Gasteiger partial charge in [-0.15, -0.1) is 12.0 Å². The molecular weight excluding hydrogens is 191 g/mol. The molecule has 11 heavy (non-hydrogen) atoms. The molecule has 0 aromatic carbocycles. The molecule has 0 N–H and O–H groups in total. The van der Waals surface area contributed by atoms with E-state index in [1.165, 1.54) is 24.4 Å². The number of hydrogen-bond acceptors (Lipinski definition) is 4. The Morgan fingerprint density at radius 2 is 1.18 bits per heavy atom. The summed E-state index contributed by atoms with van der Waals surface area (Å²) in [5, 5.41) is 29.7. The molecule has 1 radical (unpaired) electrons. The molecule has 0 bridgehead atoms. The van der Waals surface area contributed by atoms with E-state index in [9.17, 15) is 0 Å². The Morgan fingerprint density at radius 1 is 0.909 bits per heavy atom. The Hall–Kier alpha value is -1.75. The predicted molar refractivity (Wildman–Crippen MR) is 32.8 cm³/mol. The van der Waals surface area contributed by atoms with Crippen molar-refractivity contribution in [3.8, 4) is 12.4 Å². The second kappa shape index (κ2) is 24.0. The smallest absolute Gasteiger partial charge is 0.422 e. The predicted octanol–water partition coefficient (Wildman–Crippen LogP) is 0.419. The van der Waals surface area contributed by atoms with Crippen LogP contribution in [-0.4, -0.2) is 12.0 Å². The molecule has 0 fully saturated rings. The third-order valence-corrected chi connectivity index (χ3v) is 0.200. The maximum Gasteiger partial charge on any atom is 2.00 e. The molecule has 6 nitrogen and oxygen atoms in total. The van der Waals surface area contributed by atoms with Gasteiger partial charge in [0.1, 0.15) is 0 Å². The van der Waals surface area contributed by atoms with Gasteiger partial charge in [0.25, 0.3) is 0 Å². The zero-order valence-electron chi connectivity index (χ0n) is 5.02. The first-order chi connectivity index (χ1) is 4.83. The van der Waals surface area contributed by atoms with Gasteiger partial charge in [-0.3, -0.25) is 0 Å². The van der Waals surface area contributed by atoms with Gasteiger partial charge < -0.3 is 20.8 Å². The topological polar surface area (TPSA) is 117 Å². The van der Waals surface area contributed by atoms with Crippen LogP contribution >= 0.6 is 0 Å². The molecule has 0 rings (SSSR count). The van der Waals surface area contributed by atoms with Crippen molar-refractivity contribution in [1.82, 2.24) is 0 Å². The largest absolute Gasteiger partial charge is 2.00 e. The van der Waals surface area contributed by atoms with Crippen LogP contribution in [0.25, 0.3) is 10.8 Å². The van der Waals surface area contributed by atoms with Crippen molar-refractivity contribution in [1.29, 1.82) is 10.5 Å². The van der Waals surface area contributed by atoms with Crippen LogP contribution in [0.3, 0.4) is 0 Å². The van der Waals surface area contributed by atoms with Crippen LogP contribution in [0.2, 0.25) is 0 Å². The molecular formula is C4CoN6. The molecule has 0 aliphatic carbocycles. The average molecular weight is 191 g/mol. The van der Waals surface area contributed by atoms with Crippen molar-refractivity contribution in [3.63, 3.8) is 0 Å². The standard InChI is InChI=1S/2C2N3.Co/c2*3-1-5-2-4;/q2*-1;+2. The van der Waals surface area contributed by atoms with Crippen LogP contribution in [0.5, 0.6) is 0 Å². The average Bonchev–Trinajstić information content (AvgIpc) is 1.93. The zero-order chi connectivity index (χ0) is 8.24. The first kappa shape index (κ1) is 16.1. The molecule has 0 heterocycles. The second-order valence-electron chi connectivity index (χ2n) is 0.624. The van der Waals surface area contributed by atoms with Gasteiger partial charge in [0.15, 0.2) is 0 Å². The van der Waals surface area contributed by atoms with E-state index in [1.54, 1.807) is 0 Å². The van der Waals surface area contributed by atoms with E-state index in [2.05, 4.69) is 9.98 Å². The van der Waals surface area contributed by atoms with Crippen molar-refractivity contribution < 1.29 is 16.8 Å². The summed E-state index contributed by atoms with van der Waals surface area (Å²) in [6.07, 6.45) is 2.56. The van der Waals surface area contributed by atoms with Crippen molar-refractivity contribution in [3.05, 3.63) is 10.8 Å². The Balaban J connectivity index is -0.000000107. The van der Waals surface area contributed by atoms with Gasteiger partial charge in [-0.1, -0.05) is 0 Å². The fourth-order valence-corrected chi connectivity index (χ4v) is 0.0447. The van der Waals surface area contributed by atoms with Gasteiger partial charge in [0, 0.05) is 0 Å². The van der Waals surface area contributed by atoms with Crippen LogP contribution in [0, 0.1) is 22.9 Å². The molecule has 0 amide bonds. The van der Waals surface area contributed by atoms with Gasteiger partial charge in [0.05, 0.1) is 12.4 Å². The van der Waals surface area contributed by atoms with Gasteiger partial charge in [-0.05, 0) is 0 Å². The summed E-state index contributed by atoms with van der Waals surface area (Å²) in [5.74, 6) is 0. The van der Waals surface area contributed by atoms with Crippen molar-refractivity contribution in [2.75, 3.05) is 0 Å². The molecule has 0 saturated heterocycles. The molecule has 0 atom stereocenters. The van der Waals surface area contributed by atoms with E-state index in [4.69, 9.17) is 21.3 Å². The quantitative estimate of drug-likeness (QED) is 0.407. The van der Waals surface area contributed by atoms with Gasteiger partial charge in [-0.25, -0.2) is 0 Å². The van der Waals surface area contributed by atoms with Crippen LogP contribution in [0.4, 0.5) is 0 Å². The summed E-state index contributed by atoms with van der Waals surface area (Å²) >= 11 is 0. The molecule has 0 aliphatic rings. The summed E-state index contributed by atoms with van der Waals surface area (Å²) in [6, 6.07) is 2.56. The minimum absolute atomic E-state index is 0. The maximum absolute atomic E-state index is 7.43. The summed E-state index contributed by atoms with van der Waals surface area (Å²) in [4.78, 5) is 5.17. The molecule has 0 spiro atoms. The Bertz CT molecular complexity index is 217. The number of hydrogen-bond donors (Lipinski definition) is 0. The van der Waals surface area contributed by atoms with Crippen LogP contribution in [0.15, 0.2) is 9.98 Å². The fourth-order valence-electron chi connectivity index (χ4n) is 0.0447. The van der Waals surface area contributed by atoms with Crippen molar-refractivity contribution in [2.24, 2.45) is 9.98 Å². The Kier molecular flexibility index (Phi) is 35.2. The summed E-state index contributed by atoms with van der Waals surface area (Å²) in [5.41, 5.74) is 0. The van der Waals surface area contributed by atoms with E-state index in [0.29, 0.717) is 0 Å². The number of rotatable bonds is 0. The van der Waals surface area contributed by atoms with Gasteiger partial charge in [0.2, 0.25) is 0 Å². The van der Waals surface area contributed by atoms with Gasteiger partial charge in [-0.2, -0.15) is 10.5 Å². The third-order valence-electron chi connectivity index (χ3n) is 0.200. The molecule has 55 valence electrons. The second-order valence-corrected chi connectivity index (χ2v) is 0.624. The molecule has 0 aromatic heterocycles.